The lowest BCUT2D eigenvalue weighted by atomic mass is 9.93. The normalized spacial score (nSPS) is 12.9. The highest BCUT2D eigenvalue weighted by atomic mass is 16.6. The molecule has 2 aromatic carbocycles. The van der Waals surface area contributed by atoms with Crippen molar-refractivity contribution in [3.63, 3.8) is 0 Å². The van der Waals surface area contributed by atoms with Crippen LogP contribution in [0.2, 0.25) is 0 Å². The predicted molar refractivity (Wildman–Crippen MR) is 92.7 cm³/mol. The van der Waals surface area contributed by atoms with Gasteiger partial charge >= 0.3 is 5.97 Å². The molecular weight excluding hydrogens is 336 g/mol. The fraction of sp³-hybridized carbons (Fsp3) is 0.222. The number of benzene rings is 2. The number of nitro benzene ring substituents is 1. The number of hydrogen-bond donors (Lipinski definition) is 0. The third-order valence-corrected chi connectivity index (χ3v) is 3.50. The Balaban J connectivity index is 2.35. The van der Waals surface area contributed by atoms with Crippen LogP contribution in [0.5, 0.6) is 0 Å². The van der Waals surface area contributed by atoms with Crippen molar-refractivity contribution in [1.29, 1.82) is 5.26 Å². The maximum absolute atomic E-state index is 12.4. The Labute approximate surface area is 149 Å². The summed E-state index contributed by atoms with van der Waals surface area (Å²) in [6, 6.07) is 16.2. The highest BCUT2D eigenvalue weighted by molar-refractivity contribution is 5.85. The zero-order valence-electron chi connectivity index (χ0n) is 14.0. The number of non-ortho nitro benzene ring substituents is 1. The van der Waals surface area contributed by atoms with E-state index in [4.69, 9.17) is 4.74 Å². The number of carbonyl (C=O) groups excluding carboxylic acids is 1. The maximum atomic E-state index is 12.4. The minimum absolute atomic E-state index is 0.000343. The van der Waals surface area contributed by atoms with Gasteiger partial charge in [-0.25, -0.2) is 4.79 Å². The molecule has 132 valence electrons. The standard InChI is InChI=1S/C18H16N4O4/c1-2-26-17(23)18(13-19,12-14-6-4-3-5-7-14)21-20-15-8-10-16(11-9-15)22(24)25/h3-11H,2,12H2,1H3/b21-20+. The number of esters is 1. The molecule has 8 nitrogen and oxygen atoms in total. The number of nitro groups is 1. The molecule has 2 aromatic rings. The van der Waals surface area contributed by atoms with Crippen LogP contribution >= 0.6 is 0 Å². The van der Waals surface area contributed by atoms with E-state index >= 15 is 0 Å². The Hall–Kier alpha value is -3.60. The summed E-state index contributed by atoms with van der Waals surface area (Å²) < 4.78 is 5.00. The molecule has 0 bridgehead atoms. The predicted octanol–water partition coefficient (Wildman–Crippen LogP) is 3.75. The number of azo groups is 1. The first-order valence-corrected chi connectivity index (χ1v) is 7.80. The van der Waals surface area contributed by atoms with Crippen LogP contribution in [0.25, 0.3) is 0 Å². The zero-order chi connectivity index (χ0) is 19.0. The van der Waals surface area contributed by atoms with Gasteiger partial charge in [0, 0.05) is 18.6 Å². The van der Waals surface area contributed by atoms with Gasteiger partial charge in [0.15, 0.2) is 0 Å². The SMILES string of the molecule is CCOC(=O)C(C#N)(Cc1ccccc1)/N=N/c1ccc([N+](=O)[O-])cc1. The van der Waals surface area contributed by atoms with Gasteiger partial charge in [-0.1, -0.05) is 30.3 Å². The quantitative estimate of drug-likeness (QED) is 0.325. The summed E-state index contributed by atoms with van der Waals surface area (Å²) in [7, 11) is 0. The number of hydrogen-bond acceptors (Lipinski definition) is 7. The average molecular weight is 352 g/mol. The molecule has 0 radical (unpaired) electrons. The van der Waals surface area contributed by atoms with E-state index in [1.165, 1.54) is 24.3 Å². The van der Waals surface area contributed by atoms with Gasteiger partial charge in [0.05, 0.1) is 17.2 Å². The molecule has 0 saturated carbocycles. The first-order valence-electron chi connectivity index (χ1n) is 7.80. The largest absolute Gasteiger partial charge is 0.463 e. The lowest BCUT2D eigenvalue weighted by Gasteiger charge is -2.18. The van der Waals surface area contributed by atoms with Crippen LogP contribution in [0.15, 0.2) is 64.8 Å². The van der Waals surface area contributed by atoms with Gasteiger partial charge in [-0.2, -0.15) is 15.5 Å². The highest BCUT2D eigenvalue weighted by Crippen LogP contribution is 2.24. The van der Waals surface area contributed by atoms with Gasteiger partial charge in [-0.15, -0.1) is 0 Å². The monoisotopic (exact) mass is 352 g/mol. The van der Waals surface area contributed by atoms with Crippen molar-refractivity contribution in [3.8, 4) is 6.07 Å². The van der Waals surface area contributed by atoms with Crippen molar-refractivity contribution in [2.75, 3.05) is 6.61 Å². The number of carbonyl (C=O) groups is 1. The maximum Gasteiger partial charge on any atom is 0.351 e. The molecule has 0 fully saturated rings. The van der Waals surface area contributed by atoms with E-state index in [1.807, 2.05) is 12.1 Å². The fourth-order valence-corrected chi connectivity index (χ4v) is 2.18. The van der Waals surface area contributed by atoms with E-state index in [1.54, 1.807) is 31.2 Å². The summed E-state index contributed by atoms with van der Waals surface area (Å²) in [6.07, 6.45) is -0.000343. The number of nitriles is 1. The minimum Gasteiger partial charge on any atom is -0.463 e. The van der Waals surface area contributed by atoms with Crippen LogP contribution in [-0.4, -0.2) is 23.0 Å². The van der Waals surface area contributed by atoms with Crippen molar-refractivity contribution in [3.05, 3.63) is 70.3 Å². The van der Waals surface area contributed by atoms with Gasteiger partial charge in [0.1, 0.15) is 6.07 Å². The summed E-state index contributed by atoms with van der Waals surface area (Å²) in [5.41, 5.74) is -0.915. The number of ether oxygens (including phenoxy) is 1. The Bertz CT molecular complexity index is 844. The molecule has 0 aliphatic heterocycles. The van der Waals surface area contributed by atoms with E-state index in [0.29, 0.717) is 0 Å². The lowest BCUT2D eigenvalue weighted by molar-refractivity contribution is -0.384. The van der Waals surface area contributed by atoms with Gasteiger partial charge in [-0.05, 0) is 24.6 Å². The topological polar surface area (TPSA) is 118 Å². The van der Waals surface area contributed by atoms with Crippen LogP contribution in [0.3, 0.4) is 0 Å². The van der Waals surface area contributed by atoms with Crippen molar-refractivity contribution in [2.45, 2.75) is 18.9 Å². The third-order valence-electron chi connectivity index (χ3n) is 3.50. The number of nitrogens with zero attached hydrogens (tertiary/aromatic N) is 4. The van der Waals surface area contributed by atoms with Crippen molar-refractivity contribution in [1.82, 2.24) is 0 Å². The average Bonchev–Trinajstić information content (AvgIpc) is 2.66. The van der Waals surface area contributed by atoms with Crippen molar-refractivity contribution < 1.29 is 14.5 Å². The molecule has 0 heterocycles. The second-order valence-corrected chi connectivity index (χ2v) is 5.33. The minimum atomic E-state index is -1.83. The summed E-state index contributed by atoms with van der Waals surface area (Å²) in [5.74, 6) is -0.794. The smallest absolute Gasteiger partial charge is 0.351 e. The molecule has 0 aliphatic carbocycles. The first kappa shape index (κ1) is 18.7. The molecule has 26 heavy (non-hydrogen) atoms. The van der Waals surface area contributed by atoms with Gasteiger partial charge in [0.2, 0.25) is 0 Å². The molecule has 0 spiro atoms. The Morgan fingerprint density at radius 3 is 2.42 bits per heavy atom. The summed E-state index contributed by atoms with van der Waals surface area (Å²) in [6.45, 7) is 1.74. The third kappa shape index (κ3) is 4.48. The Kier molecular flexibility index (Phi) is 6.11. The Morgan fingerprint density at radius 2 is 1.88 bits per heavy atom. The second-order valence-electron chi connectivity index (χ2n) is 5.33. The molecule has 0 N–H and O–H groups in total. The van der Waals surface area contributed by atoms with Crippen LogP contribution in [0.4, 0.5) is 11.4 Å². The molecular formula is C18H16N4O4. The molecule has 1 unspecified atom stereocenters. The van der Waals surface area contributed by atoms with Crippen LogP contribution < -0.4 is 0 Å². The van der Waals surface area contributed by atoms with Crippen LogP contribution in [0.1, 0.15) is 12.5 Å². The second kappa shape index (κ2) is 8.48. The molecule has 0 aliphatic rings. The Morgan fingerprint density at radius 1 is 1.23 bits per heavy atom. The van der Waals surface area contributed by atoms with E-state index in [2.05, 4.69) is 10.2 Å². The van der Waals surface area contributed by atoms with Gasteiger partial charge < -0.3 is 4.74 Å². The van der Waals surface area contributed by atoms with E-state index in [0.717, 1.165) is 5.56 Å². The first-order chi connectivity index (χ1) is 12.5. The summed E-state index contributed by atoms with van der Waals surface area (Å²) in [5, 5.41) is 28.2. The molecule has 1 atom stereocenters. The van der Waals surface area contributed by atoms with E-state index < -0.39 is 16.4 Å². The van der Waals surface area contributed by atoms with Crippen molar-refractivity contribution >= 4 is 17.3 Å². The van der Waals surface area contributed by atoms with E-state index in [-0.39, 0.29) is 24.4 Å². The van der Waals surface area contributed by atoms with Gasteiger partial charge in [0.25, 0.3) is 11.2 Å². The zero-order valence-corrected chi connectivity index (χ0v) is 14.0. The van der Waals surface area contributed by atoms with Crippen molar-refractivity contribution in [2.24, 2.45) is 10.2 Å². The van der Waals surface area contributed by atoms with Crippen LogP contribution in [0, 0.1) is 21.4 Å². The lowest BCUT2D eigenvalue weighted by Crippen LogP contribution is -2.39. The molecule has 0 saturated heterocycles. The molecule has 0 amide bonds. The fourth-order valence-electron chi connectivity index (χ4n) is 2.18. The van der Waals surface area contributed by atoms with Gasteiger partial charge in [-0.3, -0.25) is 10.1 Å². The molecule has 0 aromatic heterocycles. The van der Waals surface area contributed by atoms with E-state index in [9.17, 15) is 20.2 Å². The number of rotatable bonds is 7. The summed E-state index contributed by atoms with van der Waals surface area (Å²) in [4.78, 5) is 22.5. The highest BCUT2D eigenvalue weighted by Gasteiger charge is 2.41. The summed E-state index contributed by atoms with van der Waals surface area (Å²) >= 11 is 0. The van der Waals surface area contributed by atoms with Crippen LogP contribution in [-0.2, 0) is 16.0 Å². The molecule has 2 rings (SSSR count). The molecule has 8 heteroatoms.